The number of aryl methyl sites for hydroxylation is 1. The first kappa shape index (κ1) is 19.9. The second-order valence-corrected chi connectivity index (χ2v) is 7.65. The number of aliphatic hydroxyl groups is 1. The van der Waals surface area contributed by atoms with E-state index in [4.69, 9.17) is 22.1 Å². The zero-order valence-corrected chi connectivity index (χ0v) is 16.8. The molecule has 3 heterocycles. The number of carbonyl (C=O) groups excluding carboxylic acids is 2. The highest BCUT2D eigenvalue weighted by atomic mass is 35.5. The maximum Gasteiger partial charge on any atom is 0.239 e. The van der Waals surface area contributed by atoms with Crippen molar-refractivity contribution in [1.82, 2.24) is 15.2 Å². The van der Waals surface area contributed by atoms with Crippen molar-refractivity contribution in [1.29, 1.82) is 0 Å². The number of hydrogen-bond acceptors (Lipinski definition) is 6. The number of rotatable bonds is 5. The zero-order chi connectivity index (χ0) is 20.7. The van der Waals surface area contributed by atoms with Crippen molar-refractivity contribution in [2.75, 3.05) is 19.7 Å². The summed E-state index contributed by atoms with van der Waals surface area (Å²) in [4.78, 5) is 24.0. The third-order valence-corrected chi connectivity index (χ3v) is 5.77. The van der Waals surface area contributed by atoms with Gasteiger partial charge in [-0.05, 0) is 29.3 Å². The van der Waals surface area contributed by atoms with Crippen LogP contribution in [0.3, 0.4) is 0 Å². The molecular formula is C20H23ClN4O4. The molecule has 2 aliphatic rings. The number of fused-ring (bicyclic) bond motifs is 3. The molecule has 29 heavy (non-hydrogen) atoms. The molecule has 0 saturated heterocycles. The highest BCUT2D eigenvalue weighted by Gasteiger charge is 2.41. The monoisotopic (exact) mass is 418 g/mol. The second kappa shape index (κ2) is 7.79. The average Bonchev–Trinajstić information content (AvgIpc) is 2.86. The Morgan fingerprint density at radius 2 is 2.24 bits per heavy atom. The van der Waals surface area contributed by atoms with Crippen molar-refractivity contribution in [3.05, 3.63) is 35.0 Å². The van der Waals surface area contributed by atoms with Gasteiger partial charge in [0.1, 0.15) is 11.7 Å². The normalized spacial score (nSPS) is 21.3. The van der Waals surface area contributed by atoms with Crippen LogP contribution >= 0.6 is 11.6 Å². The summed E-state index contributed by atoms with van der Waals surface area (Å²) in [5, 5.41) is 16.8. The number of halogens is 1. The fourth-order valence-corrected chi connectivity index (χ4v) is 4.23. The Morgan fingerprint density at radius 3 is 2.97 bits per heavy atom. The quantitative estimate of drug-likeness (QED) is 0.320. The lowest BCUT2D eigenvalue weighted by molar-refractivity contribution is -0.133. The number of nitrogens with one attached hydrogen (secondary N) is 2. The fraction of sp³-hybridized carbons (Fsp3) is 0.400. The Bertz CT molecular complexity index is 1030. The van der Waals surface area contributed by atoms with Gasteiger partial charge in [-0.3, -0.25) is 9.59 Å². The molecule has 9 heteroatoms. The lowest BCUT2D eigenvalue weighted by Gasteiger charge is -2.29. The molecule has 0 spiro atoms. The number of amides is 1. The summed E-state index contributed by atoms with van der Waals surface area (Å²) in [6, 6.07) is 5.94. The van der Waals surface area contributed by atoms with E-state index in [0.717, 1.165) is 23.1 Å². The van der Waals surface area contributed by atoms with E-state index >= 15 is 0 Å². The molecule has 5 N–H and O–H groups in total. The lowest BCUT2D eigenvalue weighted by atomic mass is 9.87. The number of aromatic nitrogens is 1. The van der Waals surface area contributed by atoms with Gasteiger partial charge in [0.15, 0.2) is 0 Å². The van der Waals surface area contributed by atoms with Gasteiger partial charge in [-0.15, -0.1) is 0 Å². The summed E-state index contributed by atoms with van der Waals surface area (Å²) in [7, 11) is 1.98. The first-order valence-electron chi connectivity index (χ1n) is 9.50. The second-order valence-electron chi connectivity index (χ2n) is 7.28. The van der Waals surface area contributed by atoms with Crippen molar-refractivity contribution in [2.45, 2.75) is 19.1 Å². The molecule has 4 rings (SSSR count). The van der Waals surface area contributed by atoms with Crippen LogP contribution in [0.5, 0.6) is 5.75 Å². The van der Waals surface area contributed by atoms with Gasteiger partial charge < -0.3 is 30.8 Å². The summed E-state index contributed by atoms with van der Waals surface area (Å²) in [5.41, 5.74) is 9.36. The van der Waals surface area contributed by atoms with E-state index < -0.39 is 23.2 Å². The molecule has 2 aliphatic heterocycles. The summed E-state index contributed by atoms with van der Waals surface area (Å²) in [5.74, 6) is -1.30. The predicted octanol–water partition coefficient (Wildman–Crippen LogP) is 0.592. The van der Waals surface area contributed by atoms with Crippen molar-refractivity contribution >= 4 is 39.4 Å². The van der Waals surface area contributed by atoms with Crippen LogP contribution in [0.4, 0.5) is 0 Å². The van der Waals surface area contributed by atoms with Gasteiger partial charge in [-0.25, -0.2) is 0 Å². The first-order chi connectivity index (χ1) is 13.9. The standard InChI is InChI=1S/C20H23ClN4O4/c1-25-11(9-23-4-3-22)6-10-7-13-15(8-14(10)25)29-5-2-12-17(13)24-20(28)16(18(12)26)19(21)27/h6-8,16,18,23,26H,2-5,9,22H2,1H3,(H,24,28). The minimum atomic E-state index is -1.31. The number of carbonyl (C=O) groups is 2. The van der Waals surface area contributed by atoms with Crippen molar-refractivity contribution in [3.8, 4) is 5.75 Å². The van der Waals surface area contributed by atoms with Crippen LogP contribution in [0.2, 0.25) is 0 Å². The van der Waals surface area contributed by atoms with E-state index in [0.29, 0.717) is 48.7 Å². The van der Waals surface area contributed by atoms with Crippen LogP contribution in [0.15, 0.2) is 23.8 Å². The van der Waals surface area contributed by atoms with Crippen LogP contribution in [-0.4, -0.2) is 46.6 Å². The Balaban J connectivity index is 1.80. The molecule has 1 amide bonds. The van der Waals surface area contributed by atoms with E-state index in [1.807, 2.05) is 19.2 Å². The van der Waals surface area contributed by atoms with E-state index in [1.54, 1.807) is 0 Å². The zero-order valence-electron chi connectivity index (χ0n) is 16.0. The van der Waals surface area contributed by atoms with Gasteiger partial charge >= 0.3 is 0 Å². The third kappa shape index (κ3) is 3.42. The fourth-order valence-electron chi connectivity index (χ4n) is 4.01. The topological polar surface area (TPSA) is 119 Å². The summed E-state index contributed by atoms with van der Waals surface area (Å²) in [6.07, 6.45) is -0.878. The first-order valence-corrected chi connectivity index (χ1v) is 9.87. The smallest absolute Gasteiger partial charge is 0.239 e. The van der Waals surface area contributed by atoms with Gasteiger partial charge in [0.25, 0.3) is 0 Å². The summed E-state index contributed by atoms with van der Waals surface area (Å²) in [6.45, 7) is 2.29. The lowest BCUT2D eigenvalue weighted by Crippen LogP contribution is -2.46. The highest BCUT2D eigenvalue weighted by Crippen LogP contribution is 2.39. The van der Waals surface area contributed by atoms with Crippen LogP contribution in [0.25, 0.3) is 16.6 Å². The van der Waals surface area contributed by atoms with E-state index in [1.165, 1.54) is 0 Å². The molecule has 0 saturated carbocycles. The Morgan fingerprint density at radius 1 is 1.45 bits per heavy atom. The van der Waals surface area contributed by atoms with Crippen molar-refractivity contribution < 1.29 is 19.4 Å². The highest BCUT2D eigenvalue weighted by molar-refractivity contribution is 6.65. The van der Waals surface area contributed by atoms with Crippen molar-refractivity contribution in [2.24, 2.45) is 18.7 Å². The van der Waals surface area contributed by atoms with Gasteiger partial charge in [0.2, 0.25) is 11.1 Å². The number of nitrogens with zero attached hydrogens (tertiary/aromatic N) is 1. The minimum Gasteiger partial charge on any atom is -0.492 e. The van der Waals surface area contributed by atoms with Gasteiger partial charge in [0, 0.05) is 55.8 Å². The van der Waals surface area contributed by atoms with Gasteiger partial charge in [-0.1, -0.05) is 0 Å². The molecule has 1 aromatic carbocycles. The van der Waals surface area contributed by atoms with Crippen LogP contribution in [-0.2, 0) is 23.2 Å². The molecule has 0 radical (unpaired) electrons. The molecular weight excluding hydrogens is 396 g/mol. The molecule has 154 valence electrons. The molecule has 0 bridgehead atoms. The molecule has 8 nitrogen and oxygen atoms in total. The molecule has 1 aromatic heterocycles. The van der Waals surface area contributed by atoms with Crippen LogP contribution in [0, 0.1) is 5.92 Å². The molecule has 0 fully saturated rings. The Hall–Kier alpha value is -2.39. The molecule has 2 atom stereocenters. The number of ether oxygens (including phenoxy) is 1. The number of nitrogens with two attached hydrogens (primary N) is 1. The third-order valence-electron chi connectivity index (χ3n) is 5.54. The van der Waals surface area contributed by atoms with Gasteiger partial charge in [-0.2, -0.15) is 0 Å². The molecule has 2 unspecified atom stereocenters. The summed E-state index contributed by atoms with van der Waals surface area (Å²) >= 11 is 5.54. The van der Waals surface area contributed by atoms with Crippen LogP contribution < -0.4 is 21.1 Å². The number of aliphatic hydroxyl groups excluding tert-OH is 1. The maximum atomic E-state index is 12.4. The van der Waals surface area contributed by atoms with E-state index in [2.05, 4.69) is 21.3 Å². The predicted molar refractivity (Wildman–Crippen MR) is 109 cm³/mol. The molecule has 0 aliphatic carbocycles. The van der Waals surface area contributed by atoms with E-state index in [-0.39, 0.29) is 0 Å². The Kier molecular flexibility index (Phi) is 5.35. The van der Waals surface area contributed by atoms with Crippen molar-refractivity contribution in [3.63, 3.8) is 0 Å². The van der Waals surface area contributed by atoms with Crippen LogP contribution in [0.1, 0.15) is 17.7 Å². The number of hydrogen-bond donors (Lipinski definition) is 4. The minimum absolute atomic E-state index is 0.322. The Labute approximate surface area is 172 Å². The average molecular weight is 419 g/mol. The molecule has 2 aromatic rings. The maximum absolute atomic E-state index is 12.4. The number of benzene rings is 1. The largest absolute Gasteiger partial charge is 0.492 e. The van der Waals surface area contributed by atoms with Gasteiger partial charge in [0.05, 0.1) is 23.9 Å². The summed E-state index contributed by atoms with van der Waals surface area (Å²) < 4.78 is 8.01. The SMILES string of the molecule is Cn1c(CNCCN)cc2cc3c(cc21)OCCC1=C3NC(=O)C(C(=O)Cl)C1O. The van der Waals surface area contributed by atoms with E-state index in [9.17, 15) is 14.7 Å².